The van der Waals surface area contributed by atoms with Crippen molar-refractivity contribution in [2.24, 2.45) is 4.99 Å². The molecule has 0 radical (unpaired) electrons. The van der Waals surface area contributed by atoms with Crippen LogP contribution in [0.1, 0.15) is 42.1 Å². The van der Waals surface area contributed by atoms with Gasteiger partial charge in [-0.3, -0.25) is 14.5 Å². The molecule has 128 valence electrons. The molecule has 5 nitrogen and oxygen atoms in total. The van der Waals surface area contributed by atoms with Crippen LogP contribution < -0.4 is 0 Å². The molecule has 0 unspecified atom stereocenters. The number of allylic oxidation sites excluding steroid dienone is 1. The fourth-order valence-corrected chi connectivity index (χ4v) is 3.52. The molecular formula is C20H22N4O. The van der Waals surface area contributed by atoms with Crippen molar-refractivity contribution in [3.8, 4) is 0 Å². The topological polar surface area (TPSA) is 50.5 Å². The Balaban J connectivity index is 1.83. The smallest absolute Gasteiger partial charge is 0.248 e. The number of hydrogen-bond donors (Lipinski definition) is 0. The molecule has 0 aliphatic carbocycles. The molecule has 2 aliphatic rings. The number of fused-ring (bicyclic) bond motifs is 3. The summed E-state index contributed by atoms with van der Waals surface area (Å²) < 4.78 is 1.92. The van der Waals surface area contributed by atoms with Gasteiger partial charge in [-0.05, 0) is 44.4 Å². The minimum Gasteiger partial charge on any atom is -0.310 e. The van der Waals surface area contributed by atoms with E-state index in [0.717, 1.165) is 35.5 Å². The largest absolute Gasteiger partial charge is 0.310 e. The highest BCUT2D eigenvalue weighted by molar-refractivity contribution is 6.14. The van der Waals surface area contributed by atoms with Gasteiger partial charge in [0.2, 0.25) is 5.91 Å². The summed E-state index contributed by atoms with van der Waals surface area (Å²) in [6, 6.07) is 6.59. The maximum atomic E-state index is 12.6. The van der Waals surface area contributed by atoms with E-state index < -0.39 is 0 Å². The number of rotatable bonds is 2. The average Bonchev–Trinajstić information content (AvgIpc) is 3.02. The minimum atomic E-state index is 0.0599. The second kappa shape index (κ2) is 5.99. The Morgan fingerprint density at radius 2 is 2.08 bits per heavy atom. The van der Waals surface area contributed by atoms with Gasteiger partial charge in [-0.1, -0.05) is 18.2 Å². The summed E-state index contributed by atoms with van der Waals surface area (Å²) >= 11 is 0. The van der Waals surface area contributed by atoms with Gasteiger partial charge >= 0.3 is 0 Å². The number of carbonyl (C=O) groups excluding carboxylic acids is 1. The van der Waals surface area contributed by atoms with Crippen LogP contribution in [0.5, 0.6) is 0 Å². The van der Waals surface area contributed by atoms with E-state index in [-0.39, 0.29) is 12.5 Å². The molecular weight excluding hydrogens is 312 g/mol. The zero-order valence-electron chi connectivity index (χ0n) is 14.9. The molecule has 0 saturated heterocycles. The van der Waals surface area contributed by atoms with Crippen LogP contribution in [0.15, 0.2) is 41.7 Å². The molecule has 0 atom stereocenters. The number of benzene rings is 1. The fourth-order valence-electron chi connectivity index (χ4n) is 3.52. The molecule has 1 aromatic heterocycles. The second-order valence-corrected chi connectivity index (χ2v) is 6.93. The predicted molar refractivity (Wildman–Crippen MR) is 98.6 cm³/mol. The van der Waals surface area contributed by atoms with Gasteiger partial charge in [0.25, 0.3) is 0 Å². The van der Waals surface area contributed by atoms with Crippen molar-refractivity contribution in [2.75, 3.05) is 13.1 Å². The van der Waals surface area contributed by atoms with E-state index in [1.165, 1.54) is 11.1 Å². The SMILES string of the molecule is Cc1cccc2c1CCN1C(=O)CN=C(c3cnn(C(C)C)c3)C=C21. The van der Waals surface area contributed by atoms with E-state index in [0.29, 0.717) is 6.04 Å². The Morgan fingerprint density at radius 3 is 2.84 bits per heavy atom. The Kier molecular flexibility index (Phi) is 3.79. The van der Waals surface area contributed by atoms with E-state index in [1.807, 2.05) is 28.1 Å². The third-order valence-electron chi connectivity index (χ3n) is 4.95. The van der Waals surface area contributed by atoms with Gasteiger partial charge in [0.05, 0.1) is 17.6 Å². The molecule has 0 bridgehead atoms. The van der Waals surface area contributed by atoms with E-state index in [4.69, 9.17) is 0 Å². The first-order valence-electron chi connectivity index (χ1n) is 8.74. The molecule has 25 heavy (non-hydrogen) atoms. The van der Waals surface area contributed by atoms with Crippen LogP contribution >= 0.6 is 0 Å². The van der Waals surface area contributed by atoms with Gasteiger partial charge in [0.1, 0.15) is 6.54 Å². The summed E-state index contributed by atoms with van der Waals surface area (Å²) in [5, 5.41) is 4.41. The summed E-state index contributed by atoms with van der Waals surface area (Å²) in [4.78, 5) is 19.0. The Morgan fingerprint density at radius 1 is 1.24 bits per heavy atom. The minimum absolute atomic E-state index is 0.0599. The average molecular weight is 334 g/mol. The van der Waals surface area contributed by atoms with Crippen molar-refractivity contribution < 1.29 is 4.79 Å². The van der Waals surface area contributed by atoms with Crippen LogP contribution in [0.3, 0.4) is 0 Å². The molecule has 1 amide bonds. The number of nitrogens with zero attached hydrogens (tertiary/aromatic N) is 4. The number of aliphatic imine (C=N–C) groups is 1. The number of carbonyl (C=O) groups is 1. The van der Waals surface area contributed by atoms with E-state index in [2.05, 4.69) is 49.1 Å². The van der Waals surface area contributed by atoms with Crippen LogP contribution in [-0.4, -0.2) is 39.4 Å². The van der Waals surface area contributed by atoms with Gasteiger partial charge in [-0.2, -0.15) is 5.10 Å². The monoisotopic (exact) mass is 334 g/mol. The van der Waals surface area contributed by atoms with Gasteiger partial charge in [0, 0.05) is 29.9 Å². The van der Waals surface area contributed by atoms with Crippen molar-refractivity contribution in [3.63, 3.8) is 0 Å². The maximum Gasteiger partial charge on any atom is 0.248 e. The number of aryl methyl sites for hydroxylation is 1. The van der Waals surface area contributed by atoms with Crippen molar-refractivity contribution in [2.45, 2.75) is 33.2 Å². The van der Waals surface area contributed by atoms with Gasteiger partial charge in [-0.15, -0.1) is 0 Å². The molecule has 5 heteroatoms. The van der Waals surface area contributed by atoms with E-state index in [9.17, 15) is 4.79 Å². The lowest BCUT2D eigenvalue weighted by Crippen LogP contribution is -2.36. The zero-order valence-corrected chi connectivity index (χ0v) is 14.9. The zero-order chi connectivity index (χ0) is 17.6. The summed E-state index contributed by atoms with van der Waals surface area (Å²) in [5.41, 5.74) is 6.49. The predicted octanol–water partition coefficient (Wildman–Crippen LogP) is 3.00. The van der Waals surface area contributed by atoms with Crippen molar-refractivity contribution in [1.82, 2.24) is 14.7 Å². The van der Waals surface area contributed by atoms with Crippen LogP contribution in [0.2, 0.25) is 0 Å². The van der Waals surface area contributed by atoms with Gasteiger partial charge < -0.3 is 4.90 Å². The lowest BCUT2D eigenvalue weighted by Gasteiger charge is -2.31. The Labute approximate surface area is 147 Å². The highest BCUT2D eigenvalue weighted by atomic mass is 16.2. The summed E-state index contributed by atoms with van der Waals surface area (Å²) in [6.45, 7) is 7.22. The summed E-state index contributed by atoms with van der Waals surface area (Å²) in [6.07, 6.45) is 6.77. The lowest BCUT2D eigenvalue weighted by atomic mass is 9.92. The van der Waals surface area contributed by atoms with Crippen molar-refractivity contribution in [1.29, 1.82) is 0 Å². The first-order chi connectivity index (χ1) is 12.0. The number of amides is 1. The summed E-state index contributed by atoms with van der Waals surface area (Å²) in [7, 11) is 0. The van der Waals surface area contributed by atoms with Crippen LogP contribution in [-0.2, 0) is 11.2 Å². The maximum absolute atomic E-state index is 12.6. The number of hydrogen-bond acceptors (Lipinski definition) is 3. The Bertz CT molecular complexity index is 904. The quantitative estimate of drug-likeness (QED) is 0.848. The first-order valence-corrected chi connectivity index (χ1v) is 8.74. The van der Waals surface area contributed by atoms with E-state index in [1.54, 1.807) is 0 Å². The molecule has 1 aromatic carbocycles. The van der Waals surface area contributed by atoms with Crippen LogP contribution in [0, 0.1) is 6.92 Å². The highest BCUT2D eigenvalue weighted by Gasteiger charge is 2.28. The molecule has 0 saturated carbocycles. The normalized spacial score (nSPS) is 17.0. The first kappa shape index (κ1) is 15.8. The van der Waals surface area contributed by atoms with Crippen molar-refractivity contribution >= 4 is 17.3 Å². The van der Waals surface area contributed by atoms with Crippen LogP contribution in [0.4, 0.5) is 0 Å². The third-order valence-corrected chi connectivity index (χ3v) is 4.95. The molecule has 0 fully saturated rings. The molecule has 2 aromatic rings. The molecule has 2 aliphatic heterocycles. The van der Waals surface area contributed by atoms with Crippen LogP contribution in [0.25, 0.3) is 5.70 Å². The fraction of sp³-hybridized carbons (Fsp3) is 0.350. The van der Waals surface area contributed by atoms with E-state index >= 15 is 0 Å². The van der Waals surface area contributed by atoms with Gasteiger partial charge in [0.15, 0.2) is 0 Å². The summed E-state index contributed by atoms with van der Waals surface area (Å²) in [5.74, 6) is 0.0599. The standard InChI is InChI=1S/C20H22N4O/c1-13(2)24-12-15(10-22-24)18-9-19-17-6-4-5-14(3)16(17)7-8-23(19)20(25)11-21-18/h4-6,9-10,12-13H,7-8,11H2,1-3H3. The lowest BCUT2D eigenvalue weighted by molar-refractivity contribution is -0.126. The molecule has 3 heterocycles. The van der Waals surface area contributed by atoms with Gasteiger partial charge in [-0.25, -0.2) is 0 Å². The second-order valence-electron chi connectivity index (χ2n) is 6.93. The molecule has 0 spiro atoms. The van der Waals surface area contributed by atoms with Crippen molar-refractivity contribution in [3.05, 3.63) is 58.9 Å². The highest BCUT2D eigenvalue weighted by Crippen LogP contribution is 2.32. The number of aromatic nitrogens is 2. The molecule has 4 rings (SSSR count). The molecule has 0 N–H and O–H groups in total. The Hall–Kier alpha value is -2.69. The third kappa shape index (κ3) is 2.69.